The van der Waals surface area contributed by atoms with Gasteiger partial charge in [-0.1, -0.05) is 48.5 Å². The number of amides is 1. The third kappa shape index (κ3) is 6.28. The summed E-state index contributed by atoms with van der Waals surface area (Å²) < 4.78 is 10.9. The molecule has 2 N–H and O–H groups in total. The van der Waals surface area contributed by atoms with Gasteiger partial charge in [0.15, 0.2) is 11.5 Å². The highest BCUT2D eigenvalue weighted by Gasteiger charge is 2.07. The average molecular weight is 391 g/mol. The van der Waals surface area contributed by atoms with Crippen LogP contribution in [0.4, 0.5) is 0 Å². The molecule has 0 heterocycles. The molecule has 0 atom stereocenters. The van der Waals surface area contributed by atoms with E-state index in [1.165, 1.54) is 0 Å². The van der Waals surface area contributed by atoms with Crippen molar-refractivity contribution >= 4 is 5.91 Å². The van der Waals surface area contributed by atoms with Gasteiger partial charge in [-0.15, -0.1) is 0 Å². The molecule has 1 amide bonds. The summed E-state index contributed by atoms with van der Waals surface area (Å²) in [6.45, 7) is 0.897. The first kappa shape index (κ1) is 20.3. The molecule has 0 aliphatic carbocycles. The second-order valence-corrected chi connectivity index (χ2v) is 6.70. The van der Waals surface area contributed by atoms with Crippen LogP contribution in [0.5, 0.6) is 17.2 Å². The Labute approximate surface area is 170 Å². The van der Waals surface area contributed by atoms with Crippen LogP contribution in [-0.2, 0) is 24.2 Å². The van der Waals surface area contributed by atoms with E-state index in [-0.39, 0.29) is 11.7 Å². The molecule has 3 aromatic carbocycles. The van der Waals surface area contributed by atoms with Crippen molar-refractivity contribution in [3.63, 3.8) is 0 Å². The highest BCUT2D eigenvalue weighted by molar-refractivity contribution is 5.78. The summed E-state index contributed by atoms with van der Waals surface area (Å²) >= 11 is 0. The Morgan fingerprint density at radius 1 is 0.931 bits per heavy atom. The molecule has 0 radical (unpaired) electrons. The van der Waals surface area contributed by atoms with Crippen LogP contribution in [-0.4, -0.2) is 24.7 Å². The van der Waals surface area contributed by atoms with Crippen LogP contribution < -0.4 is 14.8 Å². The number of ether oxygens (including phenoxy) is 2. The van der Waals surface area contributed by atoms with Crippen molar-refractivity contribution in [2.45, 2.75) is 19.4 Å². The Bertz CT molecular complexity index is 923. The zero-order valence-corrected chi connectivity index (χ0v) is 16.4. The molecule has 3 aromatic rings. The van der Waals surface area contributed by atoms with Gasteiger partial charge in [-0.05, 0) is 47.4 Å². The number of carbonyl (C=O) groups is 1. The Morgan fingerprint density at radius 3 is 2.38 bits per heavy atom. The second-order valence-electron chi connectivity index (χ2n) is 6.70. The van der Waals surface area contributed by atoms with E-state index in [4.69, 9.17) is 9.47 Å². The van der Waals surface area contributed by atoms with Gasteiger partial charge in [-0.25, -0.2) is 0 Å². The summed E-state index contributed by atoms with van der Waals surface area (Å²) in [6.07, 6.45) is 0.974. The molecule has 0 aliphatic rings. The minimum absolute atomic E-state index is 0.0329. The van der Waals surface area contributed by atoms with Crippen LogP contribution in [0.1, 0.15) is 16.7 Å². The molecule has 0 fully saturated rings. The number of nitrogens with one attached hydrogen (secondary N) is 1. The highest BCUT2D eigenvalue weighted by atomic mass is 16.5. The fourth-order valence-electron chi connectivity index (χ4n) is 2.90. The Hall–Kier alpha value is -3.47. The van der Waals surface area contributed by atoms with Crippen molar-refractivity contribution in [1.82, 2.24) is 5.32 Å². The second kappa shape index (κ2) is 10.2. The molecule has 0 unspecified atom stereocenters. The largest absolute Gasteiger partial charge is 0.504 e. The number of hydrogen-bond acceptors (Lipinski definition) is 4. The molecule has 0 spiro atoms. The molecule has 0 saturated carbocycles. The summed E-state index contributed by atoms with van der Waals surface area (Å²) in [5.74, 6) is 1.28. The molecule has 0 aliphatic heterocycles. The molecular weight excluding hydrogens is 366 g/mol. The van der Waals surface area contributed by atoms with Gasteiger partial charge in [0.2, 0.25) is 5.91 Å². The molecule has 0 bridgehead atoms. The Kier molecular flexibility index (Phi) is 7.11. The van der Waals surface area contributed by atoms with Crippen molar-refractivity contribution in [3.8, 4) is 17.2 Å². The SMILES string of the molecule is COc1ccc(CC(=O)NCCc2ccc(O)c(OCc3ccccc3)c2)cc1. The standard InChI is InChI=1S/C24H25NO4/c1-28-21-10-7-18(8-11-21)16-24(27)25-14-13-19-9-12-22(26)23(15-19)29-17-20-5-3-2-4-6-20/h2-12,15,26H,13-14,16-17H2,1H3,(H,25,27). The predicted molar refractivity (Wildman–Crippen MR) is 112 cm³/mol. The van der Waals surface area contributed by atoms with Gasteiger partial charge in [0.25, 0.3) is 0 Å². The molecule has 5 nitrogen and oxygen atoms in total. The first-order valence-corrected chi connectivity index (χ1v) is 9.52. The summed E-state index contributed by atoms with van der Waals surface area (Å²) in [7, 11) is 1.61. The number of hydrogen-bond donors (Lipinski definition) is 2. The number of methoxy groups -OCH3 is 1. The normalized spacial score (nSPS) is 10.4. The fraction of sp³-hybridized carbons (Fsp3) is 0.208. The highest BCUT2D eigenvalue weighted by Crippen LogP contribution is 2.27. The van der Waals surface area contributed by atoms with Crippen LogP contribution in [0.25, 0.3) is 0 Å². The van der Waals surface area contributed by atoms with Gasteiger partial charge in [0.05, 0.1) is 13.5 Å². The zero-order valence-electron chi connectivity index (χ0n) is 16.4. The number of benzene rings is 3. The lowest BCUT2D eigenvalue weighted by Gasteiger charge is -2.11. The number of phenolic OH excluding ortho intramolecular Hbond substituents is 1. The van der Waals surface area contributed by atoms with E-state index in [0.717, 1.165) is 22.4 Å². The molecule has 150 valence electrons. The number of rotatable bonds is 9. The first-order valence-electron chi connectivity index (χ1n) is 9.52. The minimum atomic E-state index is -0.0329. The van der Waals surface area contributed by atoms with Gasteiger partial charge in [-0.2, -0.15) is 0 Å². The van der Waals surface area contributed by atoms with Crippen molar-refractivity contribution in [2.75, 3.05) is 13.7 Å². The predicted octanol–water partition coefficient (Wildman–Crippen LogP) is 3.88. The van der Waals surface area contributed by atoms with Crippen molar-refractivity contribution < 1.29 is 19.4 Å². The topological polar surface area (TPSA) is 67.8 Å². The zero-order chi connectivity index (χ0) is 20.5. The van der Waals surface area contributed by atoms with E-state index in [9.17, 15) is 9.90 Å². The molecule has 3 rings (SSSR count). The van der Waals surface area contributed by atoms with Crippen LogP contribution in [0, 0.1) is 0 Å². The van der Waals surface area contributed by atoms with Crippen LogP contribution in [0.3, 0.4) is 0 Å². The monoisotopic (exact) mass is 391 g/mol. The van der Waals surface area contributed by atoms with E-state index in [0.29, 0.717) is 31.7 Å². The number of aromatic hydroxyl groups is 1. The van der Waals surface area contributed by atoms with E-state index >= 15 is 0 Å². The lowest BCUT2D eigenvalue weighted by molar-refractivity contribution is -0.120. The molecule has 29 heavy (non-hydrogen) atoms. The summed E-state index contributed by atoms with van der Waals surface area (Å²) in [5, 5.41) is 13.0. The minimum Gasteiger partial charge on any atom is -0.504 e. The first-order chi connectivity index (χ1) is 14.1. The quantitative estimate of drug-likeness (QED) is 0.581. The third-order valence-electron chi connectivity index (χ3n) is 4.52. The number of carbonyl (C=O) groups excluding carboxylic acids is 1. The average Bonchev–Trinajstić information content (AvgIpc) is 2.75. The third-order valence-corrected chi connectivity index (χ3v) is 4.52. The molecule has 0 saturated heterocycles. The van der Waals surface area contributed by atoms with Gasteiger partial charge >= 0.3 is 0 Å². The van der Waals surface area contributed by atoms with Crippen molar-refractivity contribution in [1.29, 1.82) is 0 Å². The van der Waals surface area contributed by atoms with E-state index < -0.39 is 0 Å². The van der Waals surface area contributed by atoms with Gasteiger partial charge in [-0.3, -0.25) is 4.79 Å². The lowest BCUT2D eigenvalue weighted by Crippen LogP contribution is -2.27. The van der Waals surface area contributed by atoms with Gasteiger partial charge < -0.3 is 19.9 Å². The van der Waals surface area contributed by atoms with Crippen LogP contribution >= 0.6 is 0 Å². The van der Waals surface area contributed by atoms with E-state index in [2.05, 4.69) is 5.32 Å². The van der Waals surface area contributed by atoms with Gasteiger partial charge in [0.1, 0.15) is 12.4 Å². The maximum atomic E-state index is 12.1. The van der Waals surface area contributed by atoms with Crippen molar-refractivity contribution in [3.05, 3.63) is 89.5 Å². The lowest BCUT2D eigenvalue weighted by atomic mass is 10.1. The van der Waals surface area contributed by atoms with E-state index in [1.807, 2.05) is 66.7 Å². The Morgan fingerprint density at radius 2 is 1.66 bits per heavy atom. The Balaban J connectivity index is 1.47. The fourth-order valence-corrected chi connectivity index (χ4v) is 2.90. The maximum absolute atomic E-state index is 12.1. The molecular formula is C24H25NO4. The molecule has 5 heteroatoms. The maximum Gasteiger partial charge on any atom is 0.224 e. The van der Waals surface area contributed by atoms with Crippen molar-refractivity contribution in [2.24, 2.45) is 0 Å². The van der Waals surface area contributed by atoms with Crippen LogP contribution in [0.2, 0.25) is 0 Å². The molecule has 0 aromatic heterocycles. The van der Waals surface area contributed by atoms with Crippen LogP contribution in [0.15, 0.2) is 72.8 Å². The van der Waals surface area contributed by atoms with Gasteiger partial charge in [0, 0.05) is 6.54 Å². The van der Waals surface area contributed by atoms with E-state index in [1.54, 1.807) is 13.2 Å². The summed E-state index contributed by atoms with van der Waals surface area (Å²) in [4.78, 5) is 12.1. The summed E-state index contributed by atoms with van der Waals surface area (Å²) in [6, 6.07) is 22.5. The smallest absolute Gasteiger partial charge is 0.224 e. The summed E-state index contributed by atoms with van der Waals surface area (Å²) in [5.41, 5.74) is 2.95. The number of phenols is 1.